The molecule has 104 valence electrons. The molecule has 3 nitrogen and oxygen atoms in total. The van der Waals surface area contributed by atoms with Crippen molar-refractivity contribution in [3.05, 3.63) is 22.2 Å². The average molecular weight is 326 g/mol. The largest absolute Gasteiger partial charge is 0.497 e. The fourth-order valence-corrected chi connectivity index (χ4v) is 3.80. The van der Waals surface area contributed by atoms with Crippen molar-refractivity contribution in [3.63, 3.8) is 0 Å². The molecule has 4 heteroatoms. The molecular weight excluding hydrogens is 306 g/mol. The number of ether oxygens (including phenoxy) is 2. The highest BCUT2D eigenvalue weighted by molar-refractivity contribution is 9.10. The summed E-state index contributed by atoms with van der Waals surface area (Å²) in [4.78, 5) is 2.53. The zero-order valence-corrected chi connectivity index (χ0v) is 13.1. The lowest BCUT2D eigenvalue weighted by atomic mass is 9.79. The van der Waals surface area contributed by atoms with Gasteiger partial charge < -0.3 is 14.4 Å². The van der Waals surface area contributed by atoms with Crippen LogP contribution in [0.5, 0.6) is 11.5 Å². The lowest BCUT2D eigenvalue weighted by Crippen LogP contribution is -2.42. The molecule has 2 aliphatic heterocycles. The number of rotatable bonds is 2. The molecule has 2 heterocycles. The van der Waals surface area contributed by atoms with Gasteiger partial charge in [-0.25, -0.2) is 0 Å². The number of nitrogens with zero attached hydrogens (tertiary/aromatic N) is 1. The molecular formula is C15H20BrNO2. The zero-order chi connectivity index (χ0) is 13.4. The predicted molar refractivity (Wildman–Crippen MR) is 79.2 cm³/mol. The standard InChI is InChI=1S/C15H20BrNO2/c1-3-17-5-4-10-9-19-15-12(13(10)8-17)6-11(18-2)7-14(15)16/h6-7,10,13H,3-5,8-9H2,1-2H3/t10-,13-/m0/s1. The summed E-state index contributed by atoms with van der Waals surface area (Å²) in [7, 11) is 1.72. The quantitative estimate of drug-likeness (QED) is 0.833. The van der Waals surface area contributed by atoms with Crippen LogP contribution in [-0.2, 0) is 0 Å². The first kappa shape index (κ1) is 13.3. The van der Waals surface area contributed by atoms with Crippen LogP contribution in [0.2, 0.25) is 0 Å². The van der Waals surface area contributed by atoms with Gasteiger partial charge in [0.2, 0.25) is 0 Å². The summed E-state index contributed by atoms with van der Waals surface area (Å²) in [6.07, 6.45) is 1.23. The molecule has 0 radical (unpaired) electrons. The minimum Gasteiger partial charge on any atom is -0.497 e. The van der Waals surface area contributed by atoms with Gasteiger partial charge in [0.05, 0.1) is 18.2 Å². The topological polar surface area (TPSA) is 21.7 Å². The van der Waals surface area contributed by atoms with E-state index in [-0.39, 0.29) is 0 Å². The second-order valence-corrected chi connectivity index (χ2v) is 6.24. The molecule has 2 atom stereocenters. The van der Waals surface area contributed by atoms with Gasteiger partial charge in [0.1, 0.15) is 11.5 Å². The molecule has 1 saturated heterocycles. The zero-order valence-electron chi connectivity index (χ0n) is 11.5. The minimum atomic E-state index is 0.573. The third kappa shape index (κ3) is 2.36. The first-order valence-corrected chi connectivity index (χ1v) is 7.74. The second-order valence-electron chi connectivity index (χ2n) is 5.39. The van der Waals surface area contributed by atoms with E-state index in [9.17, 15) is 0 Å². The maximum Gasteiger partial charge on any atom is 0.137 e. The number of hydrogen-bond acceptors (Lipinski definition) is 3. The van der Waals surface area contributed by atoms with Crippen LogP contribution in [0.3, 0.4) is 0 Å². The number of benzene rings is 1. The van der Waals surface area contributed by atoms with Crippen LogP contribution in [-0.4, -0.2) is 38.3 Å². The molecule has 1 aromatic rings. The van der Waals surface area contributed by atoms with Crippen LogP contribution in [0.4, 0.5) is 0 Å². The molecule has 1 aromatic carbocycles. The van der Waals surface area contributed by atoms with Crippen LogP contribution in [0, 0.1) is 5.92 Å². The number of piperidine rings is 1. The molecule has 0 saturated carbocycles. The molecule has 3 rings (SSSR count). The fraction of sp³-hybridized carbons (Fsp3) is 0.600. The first-order valence-electron chi connectivity index (χ1n) is 6.95. The Kier molecular flexibility index (Phi) is 3.72. The number of likely N-dealkylation sites (N-methyl/N-ethyl adjacent to an activating group) is 1. The third-order valence-corrected chi connectivity index (χ3v) is 5.00. The van der Waals surface area contributed by atoms with Crippen molar-refractivity contribution >= 4 is 15.9 Å². The minimum absolute atomic E-state index is 0.573. The van der Waals surface area contributed by atoms with Gasteiger partial charge in [-0.05, 0) is 47.6 Å². The SMILES string of the molecule is CCN1CC[C@H]2COc3c(Br)cc(OC)cc3[C@H]2C1. The fourth-order valence-electron chi connectivity index (χ4n) is 3.23. The Balaban J connectivity index is 1.99. The summed E-state index contributed by atoms with van der Waals surface area (Å²) in [6, 6.07) is 4.13. The van der Waals surface area contributed by atoms with Crippen LogP contribution in [0.15, 0.2) is 16.6 Å². The summed E-state index contributed by atoms with van der Waals surface area (Å²) in [5, 5.41) is 0. The van der Waals surface area contributed by atoms with E-state index in [0.29, 0.717) is 11.8 Å². The maximum atomic E-state index is 5.97. The monoisotopic (exact) mass is 325 g/mol. The number of halogens is 1. The molecule has 2 aliphatic rings. The smallest absolute Gasteiger partial charge is 0.137 e. The summed E-state index contributed by atoms with van der Waals surface area (Å²) in [6.45, 7) is 6.55. The van der Waals surface area contributed by atoms with E-state index in [4.69, 9.17) is 9.47 Å². The van der Waals surface area contributed by atoms with Crippen LogP contribution in [0.1, 0.15) is 24.8 Å². The van der Waals surface area contributed by atoms with Crippen molar-refractivity contribution in [2.45, 2.75) is 19.3 Å². The van der Waals surface area contributed by atoms with E-state index in [2.05, 4.69) is 33.8 Å². The van der Waals surface area contributed by atoms with E-state index in [0.717, 1.165) is 35.7 Å². The van der Waals surface area contributed by atoms with Gasteiger partial charge >= 0.3 is 0 Å². The van der Waals surface area contributed by atoms with E-state index >= 15 is 0 Å². The van der Waals surface area contributed by atoms with Crippen LogP contribution >= 0.6 is 15.9 Å². The molecule has 0 amide bonds. The predicted octanol–water partition coefficient (Wildman–Crippen LogP) is 3.28. The highest BCUT2D eigenvalue weighted by atomic mass is 79.9. The Morgan fingerprint density at radius 1 is 1.47 bits per heavy atom. The molecule has 0 spiro atoms. The molecule has 1 fully saturated rings. The van der Waals surface area contributed by atoms with E-state index in [1.54, 1.807) is 7.11 Å². The number of likely N-dealkylation sites (tertiary alicyclic amines) is 1. The highest BCUT2D eigenvalue weighted by Gasteiger charge is 2.36. The number of hydrogen-bond donors (Lipinski definition) is 0. The molecule has 0 bridgehead atoms. The van der Waals surface area contributed by atoms with Crippen LogP contribution < -0.4 is 9.47 Å². The van der Waals surface area contributed by atoms with E-state index in [1.165, 1.54) is 18.5 Å². The maximum absolute atomic E-state index is 5.97. The Bertz CT molecular complexity index is 477. The Morgan fingerprint density at radius 2 is 2.32 bits per heavy atom. The van der Waals surface area contributed by atoms with Gasteiger partial charge in [-0.2, -0.15) is 0 Å². The lowest BCUT2D eigenvalue weighted by molar-refractivity contribution is 0.102. The van der Waals surface area contributed by atoms with Gasteiger partial charge in [-0.1, -0.05) is 6.92 Å². The van der Waals surface area contributed by atoms with Gasteiger partial charge in [0, 0.05) is 23.9 Å². The van der Waals surface area contributed by atoms with Gasteiger partial charge in [0.15, 0.2) is 0 Å². The average Bonchev–Trinajstić information content (AvgIpc) is 2.46. The third-order valence-electron chi connectivity index (χ3n) is 4.41. The number of methoxy groups -OCH3 is 1. The molecule has 19 heavy (non-hydrogen) atoms. The van der Waals surface area contributed by atoms with E-state index in [1.807, 2.05) is 6.07 Å². The van der Waals surface area contributed by atoms with E-state index < -0.39 is 0 Å². The van der Waals surface area contributed by atoms with Crippen molar-refractivity contribution in [1.82, 2.24) is 4.90 Å². The van der Waals surface area contributed by atoms with Crippen molar-refractivity contribution in [2.75, 3.05) is 33.4 Å². The molecule has 0 aliphatic carbocycles. The highest BCUT2D eigenvalue weighted by Crippen LogP contribution is 2.46. The second kappa shape index (κ2) is 5.33. The van der Waals surface area contributed by atoms with Crippen molar-refractivity contribution in [2.24, 2.45) is 5.92 Å². The molecule has 0 N–H and O–H groups in total. The van der Waals surface area contributed by atoms with Crippen molar-refractivity contribution in [3.8, 4) is 11.5 Å². The molecule has 0 unspecified atom stereocenters. The van der Waals surface area contributed by atoms with Crippen molar-refractivity contribution < 1.29 is 9.47 Å². The summed E-state index contributed by atoms with van der Waals surface area (Å²) >= 11 is 3.60. The lowest BCUT2D eigenvalue weighted by Gasteiger charge is -2.42. The van der Waals surface area contributed by atoms with Gasteiger partial charge in [0.25, 0.3) is 0 Å². The molecule has 0 aromatic heterocycles. The Morgan fingerprint density at radius 3 is 3.05 bits per heavy atom. The summed E-state index contributed by atoms with van der Waals surface area (Å²) in [5.41, 5.74) is 1.31. The number of fused-ring (bicyclic) bond motifs is 3. The first-order chi connectivity index (χ1) is 9.22. The van der Waals surface area contributed by atoms with Crippen LogP contribution in [0.25, 0.3) is 0 Å². The summed E-state index contributed by atoms with van der Waals surface area (Å²) < 4.78 is 12.4. The summed E-state index contributed by atoms with van der Waals surface area (Å²) in [5.74, 6) is 3.14. The Hall–Kier alpha value is -0.740. The van der Waals surface area contributed by atoms with Gasteiger partial charge in [-0.15, -0.1) is 0 Å². The normalized spacial score (nSPS) is 26.3. The van der Waals surface area contributed by atoms with Gasteiger partial charge in [-0.3, -0.25) is 0 Å². The van der Waals surface area contributed by atoms with Crippen molar-refractivity contribution in [1.29, 1.82) is 0 Å². The Labute approximate surface area is 123 Å².